The number of anilines is 6. The molecule has 4 heteroatoms. The van der Waals surface area contributed by atoms with E-state index in [1.165, 1.54) is 33.0 Å². The summed E-state index contributed by atoms with van der Waals surface area (Å²) in [6.07, 6.45) is 7.64. The van der Waals surface area contributed by atoms with E-state index >= 15 is 0 Å². The van der Waals surface area contributed by atoms with E-state index in [2.05, 4.69) is 275 Å². The van der Waals surface area contributed by atoms with Gasteiger partial charge in [0, 0.05) is 74.9 Å². The smallest absolute Gasteiger partial charge is 0.0546 e. The number of fused-ring (bicyclic) bond motifs is 4. The molecule has 0 saturated carbocycles. The van der Waals surface area contributed by atoms with Gasteiger partial charge in [-0.05, 0) is 157 Å². The van der Waals surface area contributed by atoms with Crippen molar-refractivity contribution in [3.8, 4) is 44.5 Å². The van der Waals surface area contributed by atoms with E-state index in [0.717, 1.165) is 88.7 Å². The van der Waals surface area contributed by atoms with Crippen molar-refractivity contribution >= 4 is 77.2 Å². The highest BCUT2D eigenvalue weighted by Gasteiger charge is 2.26. The van der Waals surface area contributed by atoms with Gasteiger partial charge < -0.3 is 9.80 Å². The Morgan fingerprint density at radius 1 is 0.264 bits per heavy atom. The molecule has 0 aliphatic carbocycles. The molecule has 0 amide bonds. The first-order valence-electron chi connectivity index (χ1n) is 24.5. The van der Waals surface area contributed by atoms with E-state index in [-0.39, 0.29) is 0 Å². The number of aromatic nitrogens is 2. The van der Waals surface area contributed by atoms with Crippen LogP contribution in [-0.2, 0) is 0 Å². The van der Waals surface area contributed by atoms with Gasteiger partial charge in [0.1, 0.15) is 0 Å². The number of para-hydroxylation sites is 3. The van der Waals surface area contributed by atoms with Crippen LogP contribution in [0.3, 0.4) is 0 Å². The van der Waals surface area contributed by atoms with E-state index in [1.54, 1.807) is 0 Å². The summed E-state index contributed by atoms with van der Waals surface area (Å²) in [7, 11) is 0. The summed E-state index contributed by atoms with van der Waals surface area (Å²) in [6, 6.07) is 92.4. The maximum atomic E-state index is 4.52. The monoisotopic (exact) mass is 918 g/mol. The maximum absolute atomic E-state index is 4.52. The molecule has 0 saturated heterocycles. The Hall–Kier alpha value is -9.64. The molecular weight excluding hydrogens is 873 g/mol. The van der Waals surface area contributed by atoms with Crippen molar-refractivity contribution in [1.29, 1.82) is 0 Å². The molecule has 0 unspecified atom stereocenters. The molecule has 338 valence electrons. The molecule has 0 aliphatic rings. The van der Waals surface area contributed by atoms with Gasteiger partial charge in [0.2, 0.25) is 0 Å². The summed E-state index contributed by atoms with van der Waals surface area (Å²) in [5.41, 5.74) is 15.7. The lowest BCUT2D eigenvalue weighted by Gasteiger charge is -2.30. The highest BCUT2D eigenvalue weighted by atomic mass is 15.2. The molecular formula is C68H46N4. The fourth-order valence-electron chi connectivity index (χ4n) is 10.7. The predicted molar refractivity (Wildman–Crippen MR) is 303 cm³/mol. The Morgan fingerprint density at radius 3 is 1.31 bits per heavy atom. The molecule has 0 bridgehead atoms. The average Bonchev–Trinajstić information content (AvgIpc) is 3.46. The van der Waals surface area contributed by atoms with Gasteiger partial charge >= 0.3 is 0 Å². The largest absolute Gasteiger partial charge is 0.311 e. The highest BCUT2D eigenvalue weighted by molar-refractivity contribution is 6.27. The highest BCUT2D eigenvalue weighted by Crippen LogP contribution is 2.52. The van der Waals surface area contributed by atoms with Crippen LogP contribution < -0.4 is 9.80 Å². The first kappa shape index (κ1) is 42.5. The van der Waals surface area contributed by atoms with E-state index in [1.807, 2.05) is 24.8 Å². The first-order valence-corrected chi connectivity index (χ1v) is 24.5. The van der Waals surface area contributed by atoms with E-state index in [9.17, 15) is 0 Å². The number of hydrogen-bond acceptors (Lipinski definition) is 4. The molecule has 0 spiro atoms. The average molecular weight is 919 g/mol. The number of rotatable bonds is 10. The fraction of sp³-hybridized carbons (Fsp3) is 0. The van der Waals surface area contributed by atoms with Crippen LogP contribution in [0.1, 0.15) is 0 Å². The third-order valence-electron chi connectivity index (χ3n) is 14.0. The third kappa shape index (κ3) is 7.59. The molecule has 4 nitrogen and oxygen atoms in total. The molecule has 13 rings (SSSR count). The minimum Gasteiger partial charge on any atom is -0.311 e. The lowest BCUT2D eigenvalue weighted by molar-refractivity contribution is 1.26. The van der Waals surface area contributed by atoms with Crippen LogP contribution in [0.5, 0.6) is 0 Å². The zero-order valence-electron chi connectivity index (χ0n) is 39.3. The second-order valence-corrected chi connectivity index (χ2v) is 18.2. The Bertz CT molecular complexity index is 4060. The predicted octanol–water partition coefficient (Wildman–Crippen LogP) is 18.7. The SMILES string of the molecule is c1ccc(N(c2ccccc2)c2ccc(N(c3ccccc3)c3cccc4c(-c5ccccc5-c5ccc6cnccc6c5)c5ccccc5c(-c5ccccc5-c5ccc6ccncc6c5)c34)cc2)cc1. The quantitative estimate of drug-likeness (QED) is 0.128. The van der Waals surface area contributed by atoms with Crippen LogP contribution in [0.2, 0.25) is 0 Å². The summed E-state index contributed by atoms with van der Waals surface area (Å²) in [4.78, 5) is 13.7. The van der Waals surface area contributed by atoms with Crippen molar-refractivity contribution in [2.45, 2.75) is 0 Å². The summed E-state index contributed by atoms with van der Waals surface area (Å²) >= 11 is 0. The Balaban J connectivity index is 1.11. The van der Waals surface area contributed by atoms with E-state index in [4.69, 9.17) is 0 Å². The zero-order valence-corrected chi connectivity index (χ0v) is 39.3. The molecule has 11 aromatic carbocycles. The van der Waals surface area contributed by atoms with Crippen molar-refractivity contribution in [3.63, 3.8) is 0 Å². The van der Waals surface area contributed by atoms with Crippen LogP contribution in [-0.4, -0.2) is 9.97 Å². The standard InChI is InChI=1S/C68H46N4/c1-4-17-53(18-5-1)71(54-19-6-2-7-20-54)56-35-37-57(38-36-56)72(55-21-8-3-9-22-55)65-30-16-29-64-66(60-25-12-10-23-58(60)49-33-34-51-45-69-42-40-48(51)43-49)62-27-14-15-28-63(62)67(68(64)65)61-26-13-11-24-59(61)50-32-31-47-39-41-70-46-52(47)44-50/h1-46H. The molecule has 0 atom stereocenters. The van der Waals surface area contributed by atoms with Gasteiger partial charge in [0.15, 0.2) is 0 Å². The van der Waals surface area contributed by atoms with Gasteiger partial charge in [0.05, 0.1) is 5.69 Å². The van der Waals surface area contributed by atoms with E-state index in [0.29, 0.717) is 0 Å². The summed E-state index contributed by atoms with van der Waals surface area (Å²) in [5.74, 6) is 0. The van der Waals surface area contributed by atoms with Gasteiger partial charge in [-0.15, -0.1) is 0 Å². The molecule has 0 radical (unpaired) electrons. The minimum atomic E-state index is 1.04. The number of benzene rings is 11. The van der Waals surface area contributed by atoms with Crippen molar-refractivity contribution < 1.29 is 0 Å². The third-order valence-corrected chi connectivity index (χ3v) is 14.0. The molecule has 2 aromatic heterocycles. The lowest BCUT2D eigenvalue weighted by atomic mass is 9.81. The molecule has 72 heavy (non-hydrogen) atoms. The summed E-state index contributed by atoms with van der Waals surface area (Å²) < 4.78 is 0. The van der Waals surface area contributed by atoms with Gasteiger partial charge in [0.25, 0.3) is 0 Å². The van der Waals surface area contributed by atoms with Crippen LogP contribution in [0, 0.1) is 0 Å². The van der Waals surface area contributed by atoms with Gasteiger partial charge in [-0.2, -0.15) is 0 Å². The molecule has 2 heterocycles. The van der Waals surface area contributed by atoms with Crippen molar-refractivity contribution in [3.05, 3.63) is 280 Å². The van der Waals surface area contributed by atoms with Gasteiger partial charge in [-0.3, -0.25) is 9.97 Å². The fourth-order valence-corrected chi connectivity index (χ4v) is 10.7. The van der Waals surface area contributed by atoms with Crippen LogP contribution in [0.15, 0.2) is 280 Å². The minimum absolute atomic E-state index is 1.04. The number of hydrogen-bond donors (Lipinski definition) is 0. The molecule has 0 aliphatic heterocycles. The molecule has 13 aromatic rings. The number of pyridine rings is 2. The molecule has 0 N–H and O–H groups in total. The van der Waals surface area contributed by atoms with Crippen molar-refractivity contribution in [1.82, 2.24) is 9.97 Å². The van der Waals surface area contributed by atoms with Crippen LogP contribution >= 0.6 is 0 Å². The van der Waals surface area contributed by atoms with Crippen molar-refractivity contribution in [2.75, 3.05) is 9.80 Å². The van der Waals surface area contributed by atoms with Crippen LogP contribution in [0.25, 0.3) is 87.6 Å². The summed E-state index contributed by atoms with van der Waals surface area (Å²) in [6.45, 7) is 0. The van der Waals surface area contributed by atoms with Gasteiger partial charge in [-0.1, -0.05) is 164 Å². The first-order chi connectivity index (χ1) is 35.7. The Morgan fingerprint density at radius 2 is 0.694 bits per heavy atom. The van der Waals surface area contributed by atoms with Gasteiger partial charge in [-0.25, -0.2) is 0 Å². The second kappa shape index (κ2) is 18.4. The maximum Gasteiger partial charge on any atom is 0.0546 e. The molecule has 0 fully saturated rings. The lowest BCUT2D eigenvalue weighted by Crippen LogP contribution is -2.12. The topological polar surface area (TPSA) is 32.3 Å². The Labute approximate surface area is 419 Å². The normalized spacial score (nSPS) is 11.3. The van der Waals surface area contributed by atoms with E-state index < -0.39 is 0 Å². The summed E-state index contributed by atoms with van der Waals surface area (Å²) in [5, 5.41) is 9.22. The number of nitrogens with zero attached hydrogens (tertiary/aromatic N) is 4. The van der Waals surface area contributed by atoms with Crippen LogP contribution in [0.4, 0.5) is 34.1 Å². The van der Waals surface area contributed by atoms with Crippen molar-refractivity contribution in [2.24, 2.45) is 0 Å². The second-order valence-electron chi connectivity index (χ2n) is 18.2. The zero-order chi connectivity index (χ0) is 47.8. The Kier molecular flexibility index (Phi) is 10.8.